The van der Waals surface area contributed by atoms with Crippen LogP contribution < -0.4 is 11.5 Å². The van der Waals surface area contributed by atoms with Crippen LogP contribution in [-0.4, -0.2) is 29.4 Å². The second kappa shape index (κ2) is 8.45. The third kappa shape index (κ3) is 5.50. The average Bonchev–Trinajstić information content (AvgIpc) is 2.43. The molecule has 1 aromatic rings. The van der Waals surface area contributed by atoms with E-state index in [0.717, 1.165) is 5.56 Å². The fourth-order valence-corrected chi connectivity index (χ4v) is 2.05. The van der Waals surface area contributed by atoms with E-state index in [4.69, 9.17) is 16.6 Å². The van der Waals surface area contributed by atoms with Crippen LogP contribution >= 0.6 is 0 Å². The molecule has 5 N–H and O–H groups in total. The summed E-state index contributed by atoms with van der Waals surface area (Å²) in [6.07, 6.45) is 1.42. The first kappa shape index (κ1) is 16.3. The van der Waals surface area contributed by atoms with Gasteiger partial charge in [0.2, 0.25) is 0 Å². The molecule has 0 aliphatic rings. The molecule has 0 amide bonds. The van der Waals surface area contributed by atoms with Crippen molar-refractivity contribution in [3.05, 3.63) is 35.9 Å². The first-order valence-electron chi connectivity index (χ1n) is 6.79. The molecule has 0 heterocycles. The smallest absolute Gasteiger partial charge is 0.306 e. The van der Waals surface area contributed by atoms with Gasteiger partial charge in [0.1, 0.15) is 0 Å². The molecule has 0 aliphatic heterocycles. The standard InChI is InChI=1S/C15H22N2O3/c16-8-4-7-12(15(19)20)10-14(18)13(17)9-11-5-2-1-3-6-11/h1-3,5-6,12-13H,4,7-10,16-17H2,(H,19,20)/t12-,13-/m0/s1. The second-order valence-electron chi connectivity index (χ2n) is 4.93. The van der Waals surface area contributed by atoms with E-state index in [0.29, 0.717) is 25.8 Å². The number of rotatable bonds is 9. The van der Waals surface area contributed by atoms with E-state index in [9.17, 15) is 9.59 Å². The quantitative estimate of drug-likeness (QED) is 0.623. The van der Waals surface area contributed by atoms with E-state index in [2.05, 4.69) is 0 Å². The minimum Gasteiger partial charge on any atom is -0.481 e. The van der Waals surface area contributed by atoms with E-state index in [1.165, 1.54) is 0 Å². The van der Waals surface area contributed by atoms with Crippen LogP contribution in [0, 0.1) is 5.92 Å². The summed E-state index contributed by atoms with van der Waals surface area (Å²) in [6, 6.07) is 8.80. The molecule has 0 spiro atoms. The van der Waals surface area contributed by atoms with Crippen LogP contribution in [-0.2, 0) is 16.0 Å². The highest BCUT2D eigenvalue weighted by Gasteiger charge is 2.24. The van der Waals surface area contributed by atoms with Crippen molar-refractivity contribution in [3.8, 4) is 0 Å². The molecule has 5 heteroatoms. The lowest BCUT2D eigenvalue weighted by atomic mass is 9.92. The number of carbonyl (C=O) groups excluding carboxylic acids is 1. The Morgan fingerprint density at radius 1 is 1.20 bits per heavy atom. The van der Waals surface area contributed by atoms with Crippen LogP contribution in [0.4, 0.5) is 0 Å². The molecular formula is C15H22N2O3. The number of Topliss-reactive ketones (excluding diaryl/α,β-unsaturated/α-hetero) is 1. The zero-order valence-electron chi connectivity index (χ0n) is 11.5. The van der Waals surface area contributed by atoms with Crippen molar-refractivity contribution < 1.29 is 14.7 Å². The highest BCUT2D eigenvalue weighted by atomic mass is 16.4. The Bertz CT molecular complexity index is 434. The van der Waals surface area contributed by atoms with Gasteiger partial charge in [-0.15, -0.1) is 0 Å². The Morgan fingerprint density at radius 3 is 2.40 bits per heavy atom. The van der Waals surface area contributed by atoms with E-state index >= 15 is 0 Å². The van der Waals surface area contributed by atoms with Crippen LogP contribution in [0.3, 0.4) is 0 Å². The van der Waals surface area contributed by atoms with E-state index in [1.807, 2.05) is 30.3 Å². The number of carboxylic acid groups (broad SMARTS) is 1. The zero-order chi connectivity index (χ0) is 15.0. The summed E-state index contributed by atoms with van der Waals surface area (Å²) in [4.78, 5) is 23.1. The fourth-order valence-electron chi connectivity index (χ4n) is 2.05. The van der Waals surface area contributed by atoms with Crippen LogP contribution in [0.5, 0.6) is 0 Å². The SMILES string of the molecule is NCCC[C@@H](CC(=O)[C@@H](N)Cc1ccccc1)C(=O)O. The molecule has 110 valence electrons. The van der Waals surface area contributed by atoms with Gasteiger partial charge in [0, 0.05) is 6.42 Å². The Kier molecular flexibility index (Phi) is 6.90. The lowest BCUT2D eigenvalue weighted by molar-refractivity contribution is -0.144. The number of aliphatic carboxylic acids is 1. The molecule has 20 heavy (non-hydrogen) atoms. The molecule has 0 fully saturated rings. The predicted octanol–water partition coefficient (Wildman–Crippen LogP) is 0.955. The lowest BCUT2D eigenvalue weighted by Crippen LogP contribution is -2.35. The normalized spacial score (nSPS) is 13.7. The maximum Gasteiger partial charge on any atom is 0.306 e. The number of hydrogen-bond donors (Lipinski definition) is 3. The van der Waals surface area contributed by atoms with E-state index in [-0.39, 0.29) is 12.2 Å². The third-order valence-corrected chi connectivity index (χ3v) is 3.27. The van der Waals surface area contributed by atoms with Crippen molar-refractivity contribution >= 4 is 11.8 Å². The topological polar surface area (TPSA) is 106 Å². The van der Waals surface area contributed by atoms with Gasteiger partial charge in [0.15, 0.2) is 5.78 Å². The molecule has 0 radical (unpaired) electrons. The molecular weight excluding hydrogens is 256 g/mol. The van der Waals surface area contributed by atoms with Crippen molar-refractivity contribution in [1.82, 2.24) is 0 Å². The summed E-state index contributed by atoms with van der Waals surface area (Å²) >= 11 is 0. The Morgan fingerprint density at radius 2 is 1.85 bits per heavy atom. The van der Waals surface area contributed by atoms with Gasteiger partial charge in [-0.1, -0.05) is 30.3 Å². The third-order valence-electron chi connectivity index (χ3n) is 3.27. The first-order valence-corrected chi connectivity index (χ1v) is 6.79. The first-order chi connectivity index (χ1) is 9.54. The number of carboxylic acids is 1. The van der Waals surface area contributed by atoms with Crippen LogP contribution in [0.25, 0.3) is 0 Å². The molecule has 0 bridgehead atoms. The summed E-state index contributed by atoms with van der Waals surface area (Å²) in [7, 11) is 0. The van der Waals surface area contributed by atoms with Gasteiger partial charge in [-0.3, -0.25) is 9.59 Å². The molecule has 1 rings (SSSR count). The Hall–Kier alpha value is -1.72. The van der Waals surface area contributed by atoms with E-state index in [1.54, 1.807) is 0 Å². The number of hydrogen-bond acceptors (Lipinski definition) is 4. The summed E-state index contributed by atoms with van der Waals surface area (Å²) in [5, 5.41) is 9.09. The van der Waals surface area contributed by atoms with Gasteiger partial charge in [-0.05, 0) is 31.4 Å². The highest BCUT2D eigenvalue weighted by Crippen LogP contribution is 2.14. The zero-order valence-corrected chi connectivity index (χ0v) is 11.5. The summed E-state index contributed by atoms with van der Waals surface area (Å²) < 4.78 is 0. The highest BCUT2D eigenvalue weighted by molar-refractivity contribution is 5.87. The lowest BCUT2D eigenvalue weighted by Gasteiger charge is -2.15. The predicted molar refractivity (Wildman–Crippen MR) is 77.2 cm³/mol. The number of benzene rings is 1. The van der Waals surface area contributed by atoms with Crippen molar-refractivity contribution in [2.45, 2.75) is 31.7 Å². The minimum absolute atomic E-state index is 0.0245. The molecule has 1 aromatic carbocycles. The van der Waals surface area contributed by atoms with Crippen molar-refractivity contribution in [2.24, 2.45) is 17.4 Å². The van der Waals surface area contributed by atoms with Gasteiger partial charge in [-0.2, -0.15) is 0 Å². The van der Waals surface area contributed by atoms with Gasteiger partial charge in [0.25, 0.3) is 0 Å². The number of nitrogens with two attached hydrogens (primary N) is 2. The molecule has 0 unspecified atom stereocenters. The molecule has 0 saturated carbocycles. The van der Waals surface area contributed by atoms with Gasteiger partial charge in [-0.25, -0.2) is 0 Å². The van der Waals surface area contributed by atoms with Gasteiger partial charge >= 0.3 is 5.97 Å². The maximum absolute atomic E-state index is 12.0. The molecule has 0 aliphatic carbocycles. The van der Waals surface area contributed by atoms with Crippen LogP contribution in [0.2, 0.25) is 0 Å². The maximum atomic E-state index is 12.0. The van der Waals surface area contributed by atoms with Crippen molar-refractivity contribution in [2.75, 3.05) is 6.54 Å². The molecule has 2 atom stereocenters. The largest absolute Gasteiger partial charge is 0.481 e. The number of carbonyl (C=O) groups is 2. The fraction of sp³-hybridized carbons (Fsp3) is 0.467. The monoisotopic (exact) mass is 278 g/mol. The molecule has 0 saturated heterocycles. The average molecular weight is 278 g/mol. The van der Waals surface area contributed by atoms with Crippen LogP contribution in [0.1, 0.15) is 24.8 Å². The molecule has 0 aromatic heterocycles. The summed E-state index contributed by atoms with van der Waals surface area (Å²) in [5.41, 5.74) is 12.2. The second-order valence-corrected chi connectivity index (χ2v) is 4.93. The van der Waals surface area contributed by atoms with Crippen molar-refractivity contribution in [1.29, 1.82) is 0 Å². The van der Waals surface area contributed by atoms with E-state index < -0.39 is 17.9 Å². The Balaban J connectivity index is 2.53. The number of ketones is 1. The van der Waals surface area contributed by atoms with Crippen LogP contribution in [0.15, 0.2) is 30.3 Å². The molecule has 5 nitrogen and oxygen atoms in total. The minimum atomic E-state index is -0.960. The Labute approximate surface area is 119 Å². The van der Waals surface area contributed by atoms with Gasteiger partial charge < -0.3 is 16.6 Å². The summed E-state index contributed by atoms with van der Waals surface area (Å²) in [5.74, 6) is -1.86. The van der Waals surface area contributed by atoms with Crippen molar-refractivity contribution in [3.63, 3.8) is 0 Å². The van der Waals surface area contributed by atoms with Gasteiger partial charge in [0.05, 0.1) is 12.0 Å². The summed E-state index contributed by atoms with van der Waals surface area (Å²) in [6.45, 7) is 0.425.